The number of amides is 2. The largest absolute Gasteiger partial charge is 0.497 e. The number of rotatable bonds is 5. The fourth-order valence-electron chi connectivity index (χ4n) is 4.29. The second-order valence-electron chi connectivity index (χ2n) is 8.33. The number of methoxy groups -OCH3 is 2. The molecule has 0 aliphatic carbocycles. The summed E-state index contributed by atoms with van der Waals surface area (Å²) in [4.78, 5) is 30.8. The van der Waals surface area contributed by atoms with E-state index in [1.165, 1.54) is 4.90 Å². The molecule has 1 atom stereocenters. The summed E-state index contributed by atoms with van der Waals surface area (Å²) >= 11 is 0. The highest BCUT2D eigenvalue weighted by Gasteiger charge is 2.43. The predicted molar refractivity (Wildman–Crippen MR) is 129 cm³/mol. The predicted octanol–water partition coefficient (Wildman–Crippen LogP) is 4.75. The molecule has 1 fully saturated rings. The van der Waals surface area contributed by atoms with Crippen molar-refractivity contribution < 1.29 is 19.1 Å². The zero-order valence-corrected chi connectivity index (χ0v) is 19.6. The van der Waals surface area contributed by atoms with Crippen LogP contribution in [0.4, 0.5) is 11.4 Å². The maximum Gasteiger partial charge on any atom is 0.255 e. The van der Waals surface area contributed by atoms with Gasteiger partial charge in [-0.05, 0) is 50.1 Å². The average molecular weight is 445 g/mol. The molecule has 1 unspecified atom stereocenters. The van der Waals surface area contributed by atoms with Crippen LogP contribution in [0.2, 0.25) is 0 Å². The van der Waals surface area contributed by atoms with Crippen molar-refractivity contribution in [2.24, 2.45) is 0 Å². The van der Waals surface area contributed by atoms with E-state index < -0.39 is 6.04 Å². The lowest BCUT2D eigenvalue weighted by Gasteiger charge is -2.41. The van der Waals surface area contributed by atoms with Gasteiger partial charge in [-0.15, -0.1) is 0 Å². The molecule has 33 heavy (non-hydrogen) atoms. The number of anilines is 2. The maximum absolute atomic E-state index is 14.0. The van der Waals surface area contributed by atoms with Crippen LogP contribution in [0.25, 0.3) is 0 Å². The van der Waals surface area contributed by atoms with Crippen LogP contribution in [0, 0.1) is 20.8 Å². The van der Waals surface area contributed by atoms with Gasteiger partial charge >= 0.3 is 0 Å². The minimum absolute atomic E-state index is 0.0992. The molecule has 1 aliphatic heterocycles. The van der Waals surface area contributed by atoms with Crippen LogP contribution in [0.1, 0.15) is 28.3 Å². The van der Waals surface area contributed by atoms with E-state index in [0.29, 0.717) is 17.2 Å². The molecule has 170 valence electrons. The standard InChI is InChI=1S/C27H28N2O4/c1-17-6-9-20(10-7-17)26-27(31)28(23-15-21(32-4)11-13-24(23)33-5)16-25(30)29(26)22-12-8-18(2)14-19(22)3/h6-15,26H,16H2,1-5H3. The quantitative estimate of drug-likeness (QED) is 0.570. The van der Waals surface area contributed by atoms with Crippen LogP contribution < -0.4 is 19.3 Å². The van der Waals surface area contributed by atoms with Gasteiger partial charge in [0.15, 0.2) is 0 Å². The second kappa shape index (κ2) is 8.98. The van der Waals surface area contributed by atoms with Crippen molar-refractivity contribution in [2.75, 3.05) is 30.6 Å². The van der Waals surface area contributed by atoms with Crippen molar-refractivity contribution in [1.29, 1.82) is 0 Å². The minimum Gasteiger partial charge on any atom is -0.497 e. The fourth-order valence-corrected chi connectivity index (χ4v) is 4.29. The number of piperazine rings is 1. The maximum atomic E-state index is 14.0. The highest BCUT2D eigenvalue weighted by atomic mass is 16.5. The van der Waals surface area contributed by atoms with Gasteiger partial charge in [0.25, 0.3) is 5.91 Å². The summed E-state index contributed by atoms with van der Waals surface area (Å²) in [6.07, 6.45) is 0. The van der Waals surface area contributed by atoms with Gasteiger partial charge in [-0.2, -0.15) is 0 Å². The third kappa shape index (κ3) is 4.16. The first-order valence-electron chi connectivity index (χ1n) is 10.8. The average Bonchev–Trinajstić information content (AvgIpc) is 2.81. The fraction of sp³-hybridized carbons (Fsp3) is 0.259. The zero-order valence-electron chi connectivity index (χ0n) is 19.6. The molecule has 1 saturated heterocycles. The molecule has 4 rings (SSSR count). The topological polar surface area (TPSA) is 59.1 Å². The van der Waals surface area contributed by atoms with Crippen molar-refractivity contribution >= 4 is 23.2 Å². The lowest BCUT2D eigenvalue weighted by molar-refractivity contribution is -0.128. The Morgan fingerprint density at radius 3 is 2.12 bits per heavy atom. The minimum atomic E-state index is -0.802. The van der Waals surface area contributed by atoms with E-state index in [4.69, 9.17) is 9.47 Å². The summed E-state index contributed by atoms with van der Waals surface area (Å²) in [6.45, 7) is 5.86. The van der Waals surface area contributed by atoms with E-state index in [2.05, 4.69) is 0 Å². The van der Waals surface area contributed by atoms with Crippen LogP contribution in [-0.4, -0.2) is 32.6 Å². The zero-order chi connectivity index (χ0) is 23.7. The second-order valence-corrected chi connectivity index (χ2v) is 8.33. The Kier molecular flexibility index (Phi) is 6.09. The first-order valence-corrected chi connectivity index (χ1v) is 10.8. The lowest BCUT2D eigenvalue weighted by atomic mass is 9.97. The Balaban J connectivity index is 1.87. The highest BCUT2D eigenvalue weighted by Crippen LogP contribution is 2.40. The first-order chi connectivity index (χ1) is 15.8. The van der Waals surface area contributed by atoms with Crippen molar-refractivity contribution in [2.45, 2.75) is 26.8 Å². The number of nitrogens with zero attached hydrogens (tertiary/aromatic N) is 2. The van der Waals surface area contributed by atoms with E-state index in [1.807, 2.05) is 63.2 Å². The Hall–Kier alpha value is -3.80. The lowest BCUT2D eigenvalue weighted by Crippen LogP contribution is -2.56. The van der Waals surface area contributed by atoms with Crippen LogP contribution >= 0.6 is 0 Å². The molecule has 2 amide bonds. The van der Waals surface area contributed by atoms with Crippen molar-refractivity contribution in [3.05, 3.63) is 82.9 Å². The summed E-state index contributed by atoms with van der Waals surface area (Å²) in [6, 6.07) is 18.1. The number of carbonyl (C=O) groups excluding carboxylic acids is 2. The summed E-state index contributed by atoms with van der Waals surface area (Å²) < 4.78 is 10.9. The molecule has 0 aromatic heterocycles. The molecular formula is C27H28N2O4. The van der Waals surface area contributed by atoms with Gasteiger partial charge in [-0.1, -0.05) is 47.5 Å². The Labute approximate surface area is 194 Å². The number of aryl methyl sites for hydroxylation is 3. The van der Waals surface area contributed by atoms with Crippen molar-refractivity contribution in [1.82, 2.24) is 0 Å². The van der Waals surface area contributed by atoms with E-state index in [1.54, 1.807) is 37.3 Å². The Bertz CT molecular complexity index is 1200. The third-order valence-electron chi connectivity index (χ3n) is 6.00. The van der Waals surface area contributed by atoms with Crippen LogP contribution in [-0.2, 0) is 9.59 Å². The molecule has 1 aliphatic rings. The van der Waals surface area contributed by atoms with Crippen molar-refractivity contribution in [3.63, 3.8) is 0 Å². The SMILES string of the molecule is COc1ccc(OC)c(N2CC(=O)N(c3ccc(C)cc3C)C(c3ccc(C)cc3)C2=O)c1. The van der Waals surface area contributed by atoms with Gasteiger partial charge in [-0.3, -0.25) is 19.4 Å². The first kappa shape index (κ1) is 22.4. The number of carbonyl (C=O) groups is 2. The molecule has 6 heteroatoms. The monoisotopic (exact) mass is 444 g/mol. The Morgan fingerprint density at radius 1 is 0.788 bits per heavy atom. The van der Waals surface area contributed by atoms with Crippen LogP contribution in [0.15, 0.2) is 60.7 Å². The highest BCUT2D eigenvalue weighted by molar-refractivity contribution is 6.15. The van der Waals surface area contributed by atoms with Gasteiger partial charge in [0.2, 0.25) is 5.91 Å². The van der Waals surface area contributed by atoms with Gasteiger partial charge in [-0.25, -0.2) is 0 Å². The summed E-state index contributed by atoms with van der Waals surface area (Å²) in [5.74, 6) is 0.705. The van der Waals surface area contributed by atoms with E-state index >= 15 is 0 Å². The van der Waals surface area contributed by atoms with Crippen molar-refractivity contribution in [3.8, 4) is 11.5 Å². The van der Waals surface area contributed by atoms with E-state index in [9.17, 15) is 9.59 Å². The molecule has 0 saturated carbocycles. The molecule has 0 bridgehead atoms. The van der Waals surface area contributed by atoms with Crippen LogP contribution in [0.3, 0.4) is 0 Å². The van der Waals surface area contributed by atoms with E-state index in [-0.39, 0.29) is 18.4 Å². The molecule has 0 radical (unpaired) electrons. The summed E-state index contributed by atoms with van der Waals surface area (Å²) in [5, 5.41) is 0. The van der Waals surface area contributed by atoms with Crippen LogP contribution in [0.5, 0.6) is 11.5 Å². The number of ether oxygens (including phenoxy) is 2. The number of benzene rings is 3. The Morgan fingerprint density at radius 2 is 1.48 bits per heavy atom. The molecule has 6 nitrogen and oxygen atoms in total. The molecule has 0 spiro atoms. The number of hydrogen-bond acceptors (Lipinski definition) is 4. The summed E-state index contributed by atoms with van der Waals surface area (Å²) in [7, 11) is 3.10. The number of hydrogen-bond donors (Lipinski definition) is 0. The molecule has 3 aromatic rings. The molecular weight excluding hydrogens is 416 g/mol. The molecule has 3 aromatic carbocycles. The van der Waals surface area contributed by atoms with Gasteiger partial charge in [0.1, 0.15) is 24.1 Å². The van der Waals surface area contributed by atoms with Gasteiger partial charge in [0.05, 0.1) is 19.9 Å². The van der Waals surface area contributed by atoms with E-state index in [0.717, 1.165) is 27.9 Å². The normalized spacial score (nSPS) is 16.2. The smallest absolute Gasteiger partial charge is 0.255 e. The molecule has 1 heterocycles. The summed E-state index contributed by atoms with van der Waals surface area (Å²) in [5.41, 5.74) is 5.12. The third-order valence-corrected chi connectivity index (χ3v) is 6.00. The van der Waals surface area contributed by atoms with Gasteiger partial charge < -0.3 is 9.47 Å². The van der Waals surface area contributed by atoms with Gasteiger partial charge in [0, 0.05) is 11.8 Å². The molecule has 0 N–H and O–H groups in total.